The van der Waals surface area contributed by atoms with E-state index >= 15 is 0 Å². The van der Waals surface area contributed by atoms with E-state index in [-0.39, 0.29) is 5.91 Å². The van der Waals surface area contributed by atoms with E-state index in [0.29, 0.717) is 6.54 Å². The molecule has 0 bridgehead atoms. The highest BCUT2D eigenvalue weighted by Crippen LogP contribution is 2.30. The van der Waals surface area contributed by atoms with Crippen molar-refractivity contribution in [3.63, 3.8) is 0 Å². The predicted octanol–water partition coefficient (Wildman–Crippen LogP) is 1.93. The molecule has 0 spiro atoms. The topological polar surface area (TPSA) is 41.1 Å². The van der Waals surface area contributed by atoms with Gasteiger partial charge in [-0.2, -0.15) is 0 Å². The second-order valence-electron chi connectivity index (χ2n) is 5.00. The van der Waals surface area contributed by atoms with E-state index in [2.05, 4.69) is 24.5 Å². The predicted molar refractivity (Wildman–Crippen MR) is 67.3 cm³/mol. The Kier molecular flexibility index (Phi) is 6.46. The van der Waals surface area contributed by atoms with Crippen molar-refractivity contribution < 1.29 is 4.79 Å². The Hall–Kier alpha value is -0.570. The maximum atomic E-state index is 11.4. The van der Waals surface area contributed by atoms with Crippen LogP contribution in [0, 0.1) is 11.8 Å². The molecule has 16 heavy (non-hydrogen) atoms. The van der Waals surface area contributed by atoms with Crippen LogP contribution in [0.2, 0.25) is 0 Å². The monoisotopic (exact) mass is 226 g/mol. The van der Waals surface area contributed by atoms with Crippen LogP contribution in [0.1, 0.15) is 46.0 Å². The number of hydrogen-bond donors (Lipinski definition) is 2. The molecule has 1 fully saturated rings. The Morgan fingerprint density at radius 2 is 2.19 bits per heavy atom. The fourth-order valence-electron chi connectivity index (χ4n) is 2.36. The van der Waals surface area contributed by atoms with E-state index in [0.717, 1.165) is 37.8 Å². The third-order valence-electron chi connectivity index (χ3n) is 3.58. The Morgan fingerprint density at radius 3 is 2.81 bits per heavy atom. The minimum Gasteiger partial charge on any atom is -0.355 e. The SMILES string of the molecule is CCCCNC(=O)CNCC1CCCC1C. The smallest absolute Gasteiger partial charge is 0.233 e. The summed E-state index contributed by atoms with van der Waals surface area (Å²) in [7, 11) is 0. The van der Waals surface area contributed by atoms with Crippen molar-refractivity contribution in [1.29, 1.82) is 0 Å². The average molecular weight is 226 g/mol. The van der Waals surface area contributed by atoms with Gasteiger partial charge in [0.15, 0.2) is 0 Å². The fourth-order valence-corrected chi connectivity index (χ4v) is 2.36. The zero-order chi connectivity index (χ0) is 11.8. The molecule has 0 aromatic heterocycles. The molecule has 0 radical (unpaired) electrons. The summed E-state index contributed by atoms with van der Waals surface area (Å²) in [5.74, 6) is 1.75. The van der Waals surface area contributed by atoms with Crippen molar-refractivity contribution in [1.82, 2.24) is 10.6 Å². The van der Waals surface area contributed by atoms with Crippen LogP contribution >= 0.6 is 0 Å². The Bertz CT molecular complexity index is 206. The van der Waals surface area contributed by atoms with Gasteiger partial charge in [0.2, 0.25) is 5.91 Å². The van der Waals surface area contributed by atoms with Crippen LogP contribution in [0.15, 0.2) is 0 Å². The highest BCUT2D eigenvalue weighted by atomic mass is 16.1. The van der Waals surface area contributed by atoms with Gasteiger partial charge in [0, 0.05) is 6.54 Å². The molecule has 1 rings (SSSR count). The molecule has 3 nitrogen and oxygen atoms in total. The lowest BCUT2D eigenvalue weighted by Gasteiger charge is -2.15. The van der Waals surface area contributed by atoms with Crippen LogP contribution in [0.4, 0.5) is 0 Å². The van der Waals surface area contributed by atoms with E-state index in [1.807, 2.05) is 0 Å². The van der Waals surface area contributed by atoms with Gasteiger partial charge in [0.1, 0.15) is 0 Å². The molecule has 0 aromatic carbocycles. The number of nitrogens with one attached hydrogen (secondary N) is 2. The lowest BCUT2D eigenvalue weighted by molar-refractivity contribution is -0.120. The number of rotatable bonds is 7. The zero-order valence-corrected chi connectivity index (χ0v) is 10.7. The second kappa shape index (κ2) is 7.66. The maximum absolute atomic E-state index is 11.4. The highest BCUT2D eigenvalue weighted by molar-refractivity contribution is 5.77. The molecule has 0 heterocycles. The van der Waals surface area contributed by atoms with E-state index in [9.17, 15) is 4.79 Å². The largest absolute Gasteiger partial charge is 0.355 e. The average Bonchev–Trinajstić information content (AvgIpc) is 2.65. The molecule has 2 unspecified atom stereocenters. The first kappa shape index (κ1) is 13.5. The van der Waals surface area contributed by atoms with Crippen LogP contribution in [0.25, 0.3) is 0 Å². The highest BCUT2D eigenvalue weighted by Gasteiger charge is 2.22. The number of unbranched alkanes of at least 4 members (excludes halogenated alkanes) is 1. The van der Waals surface area contributed by atoms with Crippen molar-refractivity contribution in [2.24, 2.45) is 11.8 Å². The summed E-state index contributed by atoms with van der Waals surface area (Å²) in [5.41, 5.74) is 0. The summed E-state index contributed by atoms with van der Waals surface area (Å²) < 4.78 is 0. The van der Waals surface area contributed by atoms with Gasteiger partial charge in [-0.3, -0.25) is 4.79 Å². The third kappa shape index (κ3) is 4.97. The van der Waals surface area contributed by atoms with Crippen molar-refractivity contribution in [2.75, 3.05) is 19.6 Å². The van der Waals surface area contributed by atoms with E-state index < -0.39 is 0 Å². The summed E-state index contributed by atoms with van der Waals surface area (Å²) in [5, 5.41) is 6.19. The van der Waals surface area contributed by atoms with Gasteiger partial charge in [-0.15, -0.1) is 0 Å². The van der Waals surface area contributed by atoms with Crippen LogP contribution in [0.3, 0.4) is 0 Å². The molecule has 1 aliphatic carbocycles. The number of amides is 1. The van der Waals surface area contributed by atoms with E-state index in [4.69, 9.17) is 0 Å². The zero-order valence-electron chi connectivity index (χ0n) is 10.7. The number of carbonyl (C=O) groups is 1. The molecule has 1 aliphatic rings. The summed E-state index contributed by atoms with van der Waals surface area (Å²) in [4.78, 5) is 11.4. The standard InChI is InChI=1S/C13H26N2O/c1-3-4-8-15-13(16)10-14-9-12-7-5-6-11(12)2/h11-12,14H,3-10H2,1-2H3,(H,15,16). The van der Waals surface area contributed by atoms with Crippen LogP contribution in [-0.4, -0.2) is 25.5 Å². The molecule has 2 atom stereocenters. The quantitative estimate of drug-likeness (QED) is 0.651. The van der Waals surface area contributed by atoms with Crippen LogP contribution in [0.5, 0.6) is 0 Å². The van der Waals surface area contributed by atoms with Crippen molar-refractivity contribution in [2.45, 2.75) is 46.0 Å². The third-order valence-corrected chi connectivity index (χ3v) is 3.58. The van der Waals surface area contributed by atoms with E-state index in [1.165, 1.54) is 19.3 Å². The van der Waals surface area contributed by atoms with Gasteiger partial charge in [-0.05, 0) is 31.2 Å². The minimum atomic E-state index is 0.138. The van der Waals surface area contributed by atoms with E-state index in [1.54, 1.807) is 0 Å². The molecule has 0 saturated heterocycles. The number of hydrogen-bond acceptors (Lipinski definition) is 2. The fraction of sp³-hybridized carbons (Fsp3) is 0.923. The first-order valence-electron chi connectivity index (χ1n) is 6.71. The van der Waals surface area contributed by atoms with Gasteiger partial charge in [0.05, 0.1) is 6.54 Å². The van der Waals surface area contributed by atoms with Crippen molar-refractivity contribution in [3.8, 4) is 0 Å². The van der Waals surface area contributed by atoms with Crippen molar-refractivity contribution >= 4 is 5.91 Å². The molecule has 1 amide bonds. The maximum Gasteiger partial charge on any atom is 0.233 e. The minimum absolute atomic E-state index is 0.138. The molecular formula is C13H26N2O. The van der Waals surface area contributed by atoms with Gasteiger partial charge >= 0.3 is 0 Å². The molecular weight excluding hydrogens is 200 g/mol. The van der Waals surface area contributed by atoms with Gasteiger partial charge in [-0.25, -0.2) is 0 Å². The molecule has 94 valence electrons. The molecule has 3 heteroatoms. The Labute approximate surface area is 99.4 Å². The molecule has 2 N–H and O–H groups in total. The van der Waals surface area contributed by atoms with Crippen LogP contribution in [-0.2, 0) is 4.79 Å². The molecule has 0 aliphatic heterocycles. The van der Waals surface area contributed by atoms with Gasteiger partial charge in [-0.1, -0.05) is 33.1 Å². The molecule has 0 aromatic rings. The van der Waals surface area contributed by atoms with Gasteiger partial charge in [0.25, 0.3) is 0 Å². The number of carbonyl (C=O) groups excluding carboxylic acids is 1. The summed E-state index contributed by atoms with van der Waals surface area (Å²) in [6, 6.07) is 0. The lowest BCUT2D eigenvalue weighted by Crippen LogP contribution is -2.36. The summed E-state index contributed by atoms with van der Waals surface area (Å²) in [6.45, 7) is 6.75. The van der Waals surface area contributed by atoms with Gasteiger partial charge < -0.3 is 10.6 Å². The first-order valence-corrected chi connectivity index (χ1v) is 6.71. The molecule has 1 saturated carbocycles. The first-order chi connectivity index (χ1) is 7.74. The van der Waals surface area contributed by atoms with Crippen molar-refractivity contribution in [3.05, 3.63) is 0 Å². The summed E-state index contributed by atoms with van der Waals surface area (Å²) in [6.07, 6.45) is 6.25. The summed E-state index contributed by atoms with van der Waals surface area (Å²) >= 11 is 0. The van der Waals surface area contributed by atoms with Crippen LogP contribution < -0.4 is 10.6 Å². The normalized spacial score (nSPS) is 24.6. The Balaban J connectivity index is 1.99. The lowest BCUT2D eigenvalue weighted by atomic mass is 9.98. The Morgan fingerprint density at radius 1 is 1.38 bits per heavy atom. The second-order valence-corrected chi connectivity index (χ2v) is 5.00.